The molecule has 2 nitrogen and oxygen atoms in total. The largest absolute Gasteiger partial charge is 0.258 e. The molecule has 2 aromatic carbocycles. The van der Waals surface area contributed by atoms with Crippen molar-refractivity contribution in [3.8, 4) is 0 Å². The first kappa shape index (κ1) is 14.8. The smallest absolute Gasteiger partial charge is 0.105 e. The maximum absolute atomic E-state index is 5.99. The predicted molar refractivity (Wildman–Crippen MR) is 97.3 cm³/mol. The topological polar surface area (TPSA) is 15.6 Å². The Morgan fingerprint density at radius 1 is 1.04 bits per heavy atom. The van der Waals surface area contributed by atoms with E-state index in [1.807, 2.05) is 29.3 Å². The van der Waals surface area contributed by atoms with Crippen LogP contribution in [0.15, 0.2) is 70.3 Å². The fourth-order valence-corrected chi connectivity index (χ4v) is 3.83. The van der Waals surface area contributed by atoms with Crippen LogP contribution >= 0.6 is 23.2 Å². The highest BCUT2D eigenvalue weighted by molar-refractivity contribution is 6.55. The van der Waals surface area contributed by atoms with Crippen LogP contribution in [0.25, 0.3) is 0 Å². The Labute approximate surface area is 146 Å². The standard InChI is InChI=1S/C19H16Cl2N2/c20-18(21)12-17-16-11-10-13-6-4-5-9-15(13)19(16)22-23(17)14-7-2-1-3-8-14/h1-9,12,16-17H,10-11H2. The monoisotopic (exact) mass is 342 g/mol. The summed E-state index contributed by atoms with van der Waals surface area (Å²) in [6.07, 6.45) is 4.03. The van der Waals surface area contributed by atoms with Gasteiger partial charge >= 0.3 is 0 Å². The first-order valence-electron chi connectivity index (χ1n) is 7.78. The molecule has 0 radical (unpaired) electrons. The van der Waals surface area contributed by atoms with Gasteiger partial charge in [-0.05, 0) is 36.6 Å². The molecule has 1 aliphatic heterocycles. The second-order valence-corrected chi connectivity index (χ2v) is 6.92. The molecule has 4 rings (SSSR count). The second-order valence-electron chi connectivity index (χ2n) is 5.91. The Morgan fingerprint density at radius 2 is 1.78 bits per heavy atom. The second kappa shape index (κ2) is 6.03. The minimum absolute atomic E-state index is 0.0609. The van der Waals surface area contributed by atoms with Gasteiger partial charge in [-0.2, -0.15) is 5.10 Å². The average molecular weight is 343 g/mol. The molecule has 1 aliphatic carbocycles. The SMILES string of the molecule is ClC(Cl)=CC1C2CCc3ccccc3C2=NN1c1ccccc1. The molecule has 2 atom stereocenters. The molecular formula is C19H16Cl2N2. The molecule has 0 spiro atoms. The van der Waals surface area contributed by atoms with Crippen molar-refractivity contribution in [1.82, 2.24) is 0 Å². The molecule has 0 saturated heterocycles. The van der Waals surface area contributed by atoms with Gasteiger partial charge in [-0.15, -0.1) is 0 Å². The Morgan fingerprint density at radius 3 is 2.57 bits per heavy atom. The van der Waals surface area contributed by atoms with Gasteiger partial charge in [0, 0.05) is 11.5 Å². The average Bonchev–Trinajstić information content (AvgIpc) is 2.94. The number of para-hydroxylation sites is 1. The van der Waals surface area contributed by atoms with Gasteiger partial charge in [0.15, 0.2) is 0 Å². The molecule has 2 unspecified atom stereocenters. The van der Waals surface area contributed by atoms with Crippen LogP contribution in [0.2, 0.25) is 0 Å². The third-order valence-electron chi connectivity index (χ3n) is 4.60. The van der Waals surface area contributed by atoms with Crippen molar-refractivity contribution in [2.24, 2.45) is 11.0 Å². The number of hydrogen-bond donors (Lipinski definition) is 0. The number of fused-ring (bicyclic) bond motifs is 3. The lowest BCUT2D eigenvalue weighted by molar-refractivity contribution is 0.558. The van der Waals surface area contributed by atoms with Gasteiger partial charge in [0.2, 0.25) is 0 Å². The highest BCUT2D eigenvalue weighted by Crippen LogP contribution is 2.38. The van der Waals surface area contributed by atoms with Crippen LogP contribution < -0.4 is 5.01 Å². The normalized spacial score (nSPS) is 22.2. The van der Waals surface area contributed by atoms with Crippen LogP contribution in [-0.4, -0.2) is 11.8 Å². The lowest BCUT2D eigenvalue weighted by atomic mass is 9.79. The molecule has 116 valence electrons. The number of halogens is 2. The number of hydrazone groups is 1. The summed E-state index contributed by atoms with van der Waals surface area (Å²) in [7, 11) is 0. The Bertz CT molecular complexity index is 779. The van der Waals surface area contributed by atoms with Gasteiger partial charge in [-0.25, -0.2) is 0 Å². The zero-order valence-corrected chi connectivity index (χ0v) is 14.0. The van der Waals surface area contributed by atoms with Crippen molar-refractivity contribution < 1.29 is 0 Å². The predicted octanol–water partition coefficient (Wildman–Crippen LogP) is 5.16. The van der Waals surface area contributed by atoms with E-state index < -0.39 is 0 Å². The van der Waals surface area contributed by atoms with Crippen LogP contribution in [0.3, 0.4) is 0 Å². The van der Waals surface area contributed by atoms with Crippen molar-refractivity contribution in [2.45, 2.75) is 18.9 Å². The van der Waals surface area contributed by atoms with Crippen molar-refractivity contribution >= 4 is 34.6 Å². The lowest BCUT2D eigenvalue weighted by Gasteiger charge is -2.28. The van der Waals surface area contributed by atoms with Gasteiger partial charge in [-0.1, -0.05) is 65.7 Å². The van der Waals surface area contributed by atoms with E-state index in [-0.39, 0.29) is 6.04 Å². The minimum atomic E-state index is 0.0609. The number of aryl methyl sites for hydroxylation is 1. The van der Waals surface area contributed by atoms with E-state index in [1.54, 1.807) is 0 Å². The van der Waals surface area contributed by atoms with Gasteiger partial charge in [-0.3, -0.25) is 5.01 Å². The number of benzene rings is 2. The quantitative estimate of drug-likeness (QED) is 0.735. The minimum Gasteiger partial charge on any atom is -0.258 e. The van der Waals surface area contributed by atoms with Crippen LogP contribution in [0.1, 0.15) is 17.5 Å². The van der Waals surface area contributed by atoms with Gasteiger partial charge < -0.3 is 0 Å². The van der Waals surface area contributed by atoms with Gasteiger partial charge in [0.1, 0.15) is 4.49 Å². The molecule has 2 aliphatic rings. The van der Waals surface area contributed by atoms with Gasteiger partial charge in [0.05, 0.1) is 17.4 Å². The third-order valence-corrected chi connectivity index (χ3v) is 4.85. The van der Waals surface area contributed by atoms with E-state index in [1.165, 1.54) is 11.1 Å². The first-order chi connectivity index (χ1) is 11.2. The summed E-state index contributed by atoms with van der Waals surface area (Å²) < 4.78 is 0.297. The molecule has 0 aromatic heterocycles. The molecular weight excluding hydrogens is 327 g/mol. The Kier molecular flexibility index (Phi) is 3.88. The Balaban J connectivity index is 1.82. The molecule has 0 saturated carbocycles. The molecule has 0 amide bonds. The van der Waals surface area contributed by atoms with Crippen molar-refractivity contribution in [1.29, 1.82) is 0 Å². The van der Waals surface area contributed by atoms with Crippen molar-refractivity contribution in [3.63, 3.8) is 0 Å². The number of hydrogen-bond acceptors (Lipinski definition) is 2. The summed E-state index contributed by atoms with van der Waals surface area (Å²) in [5.74, 6) is 0.317. The first-order valence-corrected chi connectivity index (χ1v) is 8.53. The number of rotatable bonds is 2. The van der Waals surface area contributed by atoms with Gasteiger partial charge in [0.25, 0.3) is 0 Å². The van der Waals surface area contributed by atoms with Crippen molar-refractivity contribution in [2.75, 3.05) is 5.01 Å². The van der Waals surface area contributed by atoms with E-state index in [0.717, 1.165) is 24.2 Å². The molecule has 2 aromatic rings. The fourth-order valence-electron chi connectivity index (χ4n) is 3.58. The maximum Gasteiger partial charge on any atom is 0.105 e. The zero-order valence-electron chi connectivity index (χ0n) is 12.5. The van der Waals surface area contributed by atoms with Crippen molar-refractivity contribution in [3.05, 3.63) is 76.3 Å². The highest BCUT2D eigenvalue weighted by Gasteiger charge is 2.40. The van der Waals surface area contributed by atoms with Crippen LogP contribution in [0.5, 0.6) is 0 Å². The summed E-state index contributed by atoms with van der Waals surface area (Å²) in [6, 6.07) is 18.8. The molecule has 23 heavy (non-hydrogen) atoms. The third kappa shape index (κ3) is 2.66. The maximum atomic E-state index is 5.99. The summed E-state index contributed by atoms with van der Waals surface area (Å²) in [6.45, 7) is 0. The molecule has 1 heterocycles. The summed E-state index contributed by atoms with van der Waals surface area (Å²) in [5, 5.41) is 6.99. The van der Waals surface area contributed by atoms with E-state index in [0.29, 0.717) is 10.4 Å². The number of anilines is 1. The van der Waals surface area contributed by atoms with E-state index in [9.17, 15) is 0 Å². The zero-order chi connectivity index (χ0) is 15.8. The van der Waals surface area contributed by atoms with E-state index >= 15 is 0 Å². The molecule has 0 bridgehead atoms. The number of nitrogens with zero attached hydrogens (tertiary/aromatic N) is 2. The molecule has 4 heteroatoms. The Hall–Kier alpha value is -1.77. The van der Waals surface area contributed by atoms with E-state index in [4.69, 9.17) is 28.3 Å². The van der Waals surface area contributed by atoms with Crippen LogP contribution in [0, 0.1) is 5.92 Å². The lowest BCUT2D eigenvalue weighted by Crippen LogP contribution is -2.34. The molecule has 0 N–H and O–H groups in total. The van der Waals surface area contributed by atoms with Crippen LogP contribution in [-0.2, 0) is 6.42 Å². The summed E-state index contributed by atoms with van der Waals surface area (Å²) in [5.41, 5.74) is 4.83. The summed E-state index contributed by atoms with van der Waals surface area (Å²) in [4.78, 5) is 0. The molecule has 0 fully saturated rings. The van der Waals surface area contributed by atoms with Crippen LogP contribution in [0.4, 0.5) is 5.69 Å². The summed E-state index contributed by atoms with van der Waals surface area (Å²) >= 11 is 12.0. The van der Waals surface area contributed by atoms with E-state index in [2.05, 4.69) is 36.4 Å². The fraction of sp³-hybridized carbons (Fsp3) is 0.211. The highest BCUT2D eigenvalue weighted by atomic mass is 35.5.